The Bertz CT molecular complexity index is 620. The smallest absolute Gasteiger partial charge is 0.164 e. The molecule has 0 aliphatic rings. The Morgan fingerprint density at radius 3 is 2.55 bits per heavy atom. The van der Waals surface area contributed by atoms with Crippen molar-refractivity contribution in [2.24, 2.45) is 5.73 Å². The van der Waals surface area contributed by atoms with E-state index in [2.05, 4.69) is 5.10 Å². The number of nitrogens with two attached hydrogens (primary N) is 1. The molecule has 2 rings (SSSR count). The van der Waals surface area contributed by atoms with Crippen LogP contribution in [-0.2, 0) is 13.0 Å². The summed E-state index contributed by atoms with van der Waals surface area (Å²) in [5.74, 6) is -1.71. The lowest BCUT2D eigenvalue weighted by atomic mass is 10.0. The molecule has 0 bridgehead atoms. The minimum absolute atomic E-state index is 0.158. The zero-order valence-electron chi connectivity index (χ0n) is 12.0. The predicted molar refractivity (Wildman–Crippen MR) is 74.4 cm³/mol. The molecule has 0 spiro atoms. The fourth-order valence-corrected chi connectivity index (χ4v) is 2.22. The maximum atomic E-state index is 14.0. The van der Waals surface area contributed by atoms with E-state index in [-0.39, 0.29) is 11.1 Å². The van der Waals surface area contributed by atoms with E-state index in [0.717, 1.165) is 12.1 Å². The van der Waals surface area contributed by atoms with Crippen LogP contribution in [0.3, 0.4) is 0 Å². The first-order chi connectivity index (χ1) is 9.49. The van der Waals surface area contributed by atoms with E-state index in [0.29, 0.717) is 12.2 Å². The van der Waals surface area contributed by atoms with Gasteiger partial charge in [0.05, 0.1) is 17.4 Å². The van der Waals surface area contributed by atoms with E-state index in [1.54, 1.807) is 10.7 Å². The second-order valence-electron chi connectivity index (χ2n) is 4.81. The average Bonchev–Trinajstić information content (AvgIpc) is 2.87. The van der Waals surface area contributed by atoms with Crippen LogP contribution in [0.15, 0.2) is 18.2 Å². The molecule has 5 heteroatoms. The maximum Gasteiger partial charge on any atom is 0.164 e. The topological polar surface area (TPSA) is 43.8 Å². The van der Waals surface area contributed by atoms with E-state index in [1.807, 2.05) is 19.9 Å². The average molecular weight is 279 g/mol. The second kappa shape index (κ2) is 5.71. The van der Waals surface area contributed by atoms with Gasteiger partial charge in [0.2, 0.25) is 0 Å². The molecule has 0 aliphatic carbocycles. The Morgan fingerprint density at radius 1 is 1.25 bits per heavy atom. The summed E-state index contributed by atoms with van der Waals surface area (Å²) in [4.78, 5) is 0. The monoisotopic (exact) mass is 279 g/mol. The number of aryl methyl sites for hydroxylation is 3. The van der Waals surface area contributed by atoms with Gasteiger partial charge in [0.15, 0.2) is 11.6 Å². The second-order valence-corrected chi connectivity index (χ2v) is 4.81. The fourth-order valence-electron chi connectivity index (χ4n) is 2.22. The zero-order valence-corrected chi connectivity index (χ0v) is 12.0. The highest BCUT2D eigenvalue weighted by atomic mass is 19.2. The maximum absolute atomic E-state index is 14.0. The SMILES string of the molecule is CCc1cc(C(N)c2ccc(C)c(F)c2F)n(CC)n1. The molecule has 2 aromatic rings. The highest BCUT2D eigenvalue weighted by Gasteiger charge is 2.21. The van der Waals surface area contributed by atoms with Crippen molar-refractivity contribution >= 4 is 0 Å². The van der Waals surface area contributed by atoms with Gasteiger partial charge in [0.25, 0.3) is 0 Å². The molecule has 1 atom stereocenters. The van der Waals surface area contributed by atoms with Crippen LogP contribution in [0.25, 0.3) is 0 Å². The Balaban J connectivity index is 2.48. The van der Waals surface area contributed by atoms with Gasteiger partial charge in [-0.25, -0.2) is 8.78 Å². The number of rotatable bonds is 4. The van der Waals surface area contributed by atoms with E-state index >= 15 is 0 Å². The van der Waals surface area contributed by atoms with Gasteiger partial charge in [-0.1, -0.05) is 19.1 Å². The molecule has 1 unspecified atom stereocenters. The summed E-state index contributed by atoms with van der Waals surface area (Å²) >= 11 is 0. The Morgan fingerprint density at radius 2 is 1.95 bits per heavy atom. The van der Waals surface area contributed by atoms with Crippen molar-refractivity contribution < 1.29 is 8.78 Å². The Kier molecular flexibility index (Phi) is 4.18. The fraction of sp³-hybridized carbons (Fsp3) is 0.400. The first-order valence-corrected chi connectivity index (χ1v) is 6.76. The number of hydrogen-bond donors (Lipinski definition) is 1. The van der Waals surface area contributed by atoms with Gasteiger partial charge >= 0.3 is 0 Å². The van der Waals surface area contributed by atoms with Crippen molar-refractivity contribution in [3.05, 3.63) is 52.3 Å². The van der Waals surface area contributed by atoms with Crippen LogP contribution in [-0.4, -0.2) is 9.78 Å². The number of halogens is 2. The Hall–Kier alpha value is -1.75. The van der Waals surface area contributed by atoms with Crippen LogP contribution < -0.4 is 5.73 Å². The van der Waals surface area contributed by atoms with E-state index < -0.39 is 17.7 Å². The normalized spacial score (nSPS) is 12.7. The van der Waals surface area contributed by atoms with Gasteiger partial charge in [-0.3, -0.25) is 4.68 Å². The van der Waals surface area contributed by atoms with Gasteiger partial charge in [-0.2, -0.15) is 5.10 Å². The summed E-state index contributed by atoms with van der Waals surface area (Å²) in [6.07, 6.45) is 0.775. The first kappa shape index (κ1) is 14.7. The third-order valence-electron chi connectivity index (χ3n) is 3.48. The van der Waals surface area contributed by atoms with Crippen LogP contribution >= 0.6 is 0 Å². The van der Waals surface area contributed by atoms with Gasteiger partial charge in [-0.05, 0) is 31.9 Å². The standard InChI is InChI=1S/C15H19F2N3/c1-4-10-8-12(20(5-2)19-10)15(18)11-7-6-9(3)13(16)14(11)17/h6-8,15H,4-5,18H2,1-3H3. The van der Waals surface area contributed by atoms with E-state index in [4.69, 9.17) is 5.73 Å². The van der Waals surface area contributed by atoms with Crippen molar-refractivity contribution in [2.45, 2.75) is 39.8 Å². The molecule has 0 amide bonds. The molecule has 1 aromatic heterocycles. The molecular formula is C15H19F2N3. The van der Waals surface area contributed by atoms with Crippen LogP contribution in [0.2, 0.25) is 0 Å². The van der Waals surface area contributed by atoms with Crippen LogP contribution in [0.5, 0.6) is 0 Å². The number of benzene rings is 1. The summed E-state index contributed by atoms with van der Waals surface area (Å²) in [6.45, 7) is 6.09. The lowest BCUT2D eigenvalue weighted by molar-refractivity contribution is 0.485. The zero-order chi connectivity index (χ0) is 14.9. The van der Waals surface area contributed by atoms with Crippen molar-refractivity contribution in [1.82, 2.24) is 9.78 Å². The lowest BCUT2D eigenvalue weighted by Crippen LogP contribution is -2.19. The number of hydrogen-bond acceptors (Lipinski definition) is 2. The summed E-state index contributed by atoms with van der Waals surface area (Å²) in [5.41, 5.74) is 8.14. The van der Waals surface area contributed by atoms with Crippen molar-refractivity contribution in [1.29, 1.82) is 0 Å². The number of aromatic nitrogens is 2. The van der Waals surface area contributed by atoms with Gasteiger partial charge in [0.1, 0.15) is 0 Å². The van der Waals surface area contributed by atoms with E-state index in [1.165, 1.54) is 13.0 Å². The third kappa shape index (κ3) is 2.45. The van der Waals surface area contributed by atoms with Gasteiger partial charge < -0.3 is 5.73 Å². The molecule has 0 aliphatic heterocycles. The molecule has 0 fully saturated rings. The molecule has 20 heavy (non-hydrogen) atoms. The van der Waals surface area contributed by atoms with Gasteiger partial charge in [-0.15, -0.1) is 0 Å². The number of nitrogens with zero attached hydrogens (tertiary/aromatic N) is 2. The molecule has 108 valence electrons. The summed E-state index contributed by atoms with van der Waals surface area (Å²) < 4.78 is 29.4. The Labute approximate surface area is 117 Å². The highest BCUT2D eigenvalue weighted by Crippen LogP contribution is 2.26. The third-order valence-corrected chi connectivity index (χ3v) is 3.48. The molecule has 1 aromatic carbocycles. The van der Waals surface area contributed by atoms with Crippen LogP contribution in [0.1, 0.15) is 42.4 Å². The summed E-state index contributed by atoms with van der Waals surface area (Å²) in [5, 5.41) is 4.38. The molecule has 0 radical (unpaired) electrons. The lowest BCUT2D eigenvalue weighted by Gasteiger charge is -2.15. The molecule has 1 heterocycles. The minimum Gasteiger partial charge on any atom is -0.319 e. The summed E-state index contributed by atoms with van der Waals surface area (Å²) in [7, 11) is 0. The molecule has 0 saturated carbocycles. The minimum atomic E-state index is -0.876. The van der Waals surface area contributed by atoms with Crippen molar-refractivity contribution in [3.63, 3.8) is 0 Å². The molecular weight excluding hydrogens is 260 g/mol. The molecule has 2 N–H and O–H groups in total. The largest absolute Gasteiger partial charge is 0.319 e. The van der Waals surface area contributed by atoms with Crippen molar-refractivity contribution in [3.8, 4) is 0 Å². The van der Waals surface area contributed by atoms with Crippen LogP contribution in [0, 0.1) is 18.6 Å². The van der Waals surface area contributed by atoms with Crippen LogP contribution in [0.4, 0.5) is 8.78 Å². The highest BCUT2D eigenvalue weighted by molar-refractivity contribution is 5.33. The van der Waals surface area contributed by atoms with Crippen molar-refractivity contribution in [2.75, 3.05) is 0 Å². The summed E-state index contributed by atoms with van der Waals surface area (Å²) in [6, 6.07) is 4.21. The predicted octanol–water partition coefficient (Wildman–Crippen LogP) is 3.10. The first-order valence-electron chi connectivity index (χ1n) is 6.76. The molecule has 0 saturated heterocycles. The molecule has 3 nitrogen and oxygen atoms in total. The van der Waals surface area contributed by atoms with Gasteiger partial charge in [0, 0.05) is 12.1 Å². The quantitative estimate of drug-likeness (QED) is 0.934. The van der Waals surface area contributed by atoms with E-state index in [9.17, 15) is 8.78 Å².